The van der Waals surface area contributed by atoms with Gasteiger partial charge in [0.2, 0.25) is 0 Å². The molecule has 3 N–H and O–H groups in total. The smallest absolute Gasteiger partial charge is 0.323 e. The first-order valence-corrected chi connectivity index (χ1v) is 13.1. The van der Waals surface area contributed by atoms with Gasteiger partial charge in [0.25, 0.3) is 5.91 Å². The third-order valence-electron chi connectivity index (χ3n) is 5.44. The number of carbonyl (C=O) groups is 2. The Kier molecular flexibility index (Phi) is 8.67. The summed E-state index contributed by atoms with van der Waals surface area (Å²) < 4.78 is 44.4. The molecule has 9 nitrogen and oxygen atoms in total. The van der Waals surface area contributed by atoms with Crippen molar-refractivity contribution >= 4 is 33.4 Å². The van der Waals surface area contributed by atoms with Crippen molar-refractivity contribution in [1.29, 1.82) is 0 Å². The molecule has 11 heteroatoms. The first-order chi connectivity index (χ1) is 18.7. The van der Waals surface area contributed by atoms with Gasteiger partial charge in [0.15, 0.2) is 0 Å². The second-order valence-corrected chi connectivity index (χ2v) is 9.75. The van der Waals surface area contributed by atoms with E-state index in [4.69, 9.17) is 4.28 Å². The molecule has 0 radical (unpaired) electrons. The van der Waals surface area contributed by atoms with Gasteiger partial charge in [-0.25, -0.2) is 9.18 Å². The van der Waals surface area contributed by atoms with Crippen LogP contribution in [0.5, 0.6) is 0 Å². The van der Waals surface area contributed by atoms with Gasteiger partial charge in [-0.1, -0.05) is 42.5 Å². The Labute approximate surface area is 224 Å². The number of hydrogen-bond donors (Lipinski definition) is 3. The number of anilines is 2. The molecule has 0 aliphatic rings. The fourth-order valence-corrected chi connectivity index (χ4v) is 4.54. The molecule has 0 heterocycles. The van der Waals surface area contributed by atoms with Crippen molar-refractivity contribution in [2.45, 2.75) is 4.90 Å². The van der Waals surface area contributed by atoms with Crippen LogP contribution in [0.3, 0.4) is 0 Å². The SMILES string of the molecule is O=C(Nc1ccccc1)Nc1ccc(C(=O)N(CCO)OS(=O)(=O)c2cccc(-c3ccc(F)cc3)c2)cc1. The largest absolute Gasteiger partial charge is 0.394 e. The van der Waals surface area contributed by atoms with Crippen LogP contribution < -0.4 is 10.6 Å². The number of hydrogen-bond acceptors (Lipinski definition) is 6. The summed E-state index contributed by atoms with van der Waals surface area (Å²) in [6, 6.07) is 25.3. The van der Waals surface area contributed by atoms with E-state index in [1.807, 2.05) is 6.07 Å². The van der Waals surface area contributed by atoms with Crippen molar-refractivity contribution in [3.8, 4) is 11.1 Å². The average molecular weight is 550 g/mol. The molecule has 0 atom stereocenters. The zero-order chi connectivity index (χ0) is 27.8. The van der Waals surface area contributed by atoms with Crippen LogP contribution in [0.15, 0.2) is 108 Å². The van der Waals surface area contributed by atoms with E-state index in [0.717, 1.165) is 0 Å². The second kappa shape index (κ2) is 12.3. The van der Waals surface area contributed by atoms with E-state index in [0.29, 0.717) is 27.6 Å². The third kappa shape index (κ3) is 7.26. The number of amides is 3. The fraction of sp³-hybridized carbons (Fsp3) is 0.0714. The lowest BCUT2D eigenvalue weighted by molar-refractivity contribution is -0.0358. The summed E-state index contributed by atoms with van der Waals surface area (Å²) >= 11 is 0. The second-order valence-electron chi connectivity index (χ2n) is 8.22. The predicted octanol–water partition coefficient (Wildman–Crippen LogP) is 4.89. The van der Waals surface area contributed by atoms with Crippen LogP contribution in [-0.2, 0) is 14.4 Å². The van der Waals surface area contributed by atoms with Crippen LogP contribution in [0.2, 0.25) is 0 Å². The highest BCUT2D eigenvalue weighted by molar-refractivity contribution is 7.86. The molecular formula is C28H24FN3O6S. The van der Waals surface area contributed by atoms with Crippen molar-refractivity contribution in [3.05, 3.63) is 115 Å². The Morgan fingerprint density at radius 3 is 2.08 bits per heavy atom. The van der Waals surface area contributed by atoms with Gasteiger partial charge in [0, 0.05) is 16.9 Å². The summed E-state index contributed by atoms with van der Waals surface area (Å²) in [4.78, 5) is 25.0. The third-order valence-corrected chi connectivity index (χ3v) is 6.65. The number of hydroxylamine groups is 2. The van der Waals surface area contributed by atoms with Gasteiger partial charge < -0.3 is 15.7 Å². The normalized spacial score (nSPS) is 11.0. The molecule has 39 heavy (non-hydrogen) atoms. The Hall–Kier alpha value is -4.58. The summed E-state index contributed by atoms with van der Waals surface area (Å²) in [5.41, 5.74) is 2.14. The number of urea groups is 1. The minimum absolute atomic E-state index is 0.0627. The number of benzene rings is 4. The van der Waals surface area contributed by atoms with Crippen LogP contribution in [-0.4, -0.2) is 43.7 Å². The molecule has 0 saturated heterocycles. The molecule has 0 aliphatic heterocycles. The number of nitrogens with one attached hydrogen (secondary N) is 2. The molecule has 0 aromatic heterocycles. The first-order valence-electron chi connectivity index (χ1n) is 11.7. The molecule has 0 bridgehead atoms. The number of rotatable bonds is 9. The van der Waals surface area contributed by atoms with E-state index >= 15 is 0 Å². The zero-order valence-corrected chi connectivity index (χ0v) is 21.3. The molecule has 0 saturated carbocycles. The lowest BCUT2D eigenvalue weighted by atomic mass is 10.1. The molecule has 4 aromatic rings. The maximum absolute atomic E-state index is 13.3. The number of halogens is 1. The maximum Gasteiger partial charge on any atom is 0.323 e. The minimum atomic E-state index is -4.47. The molecule has 0 aliphatic carbocycles. The van der Waals surface area contributed by atoms with E-state index < -0.39 is 41.0 Å². The lowest BCUT2D eigenvalue weighted by Gasteiger charge is -2.20. The van der Waals surface area contributed by atoms with Crippen molar-refractivity contribution in [2.75, 3.05) is 23.8 Å². The summed E-state index contributed by atoms with van der Waals surface area (Å²) in [5, 5.41) is 15.3. The molecule has 0 spiro atoms. The number of aliphatic hydroxyl groups is 1. The van der Waals surface area contributed by atoms with Gasteiger partial charge >= 0.3 is 16.1 Å². The number of aliphatic hydroxyl groups excluding tert-OH is 1. The topological polar surface area (TPSA) is 125 Å². The van der Waals surface area contributed by atoms with E-state index in [1.54, 1.807) is 30.3 Å². The molecule has 4 rings (SSSR count). The Morgan fingerprint density at radius 2 is 1.44 bits per heavy atom. The fourth-order valence-electron chi connectivity index (χ4n) is 3.55. The van der Waals surface area contributed by atoms with E-state index in [-0.39, 0.29) is 10.5 Å². The van der Waals surface area contributed by atoms with Crippen LogP contribution in [0, 0.1) is 5.82 Å². The van der Waals surface area contributed by atoms with Gasteiger partial charge in [0.1, 0.15) is 5.82 Å². The zero-order valence-electron chi connectivity index (χ0n) is 20.5. The molecule has 0 unspecified atom stereocenters. The monoisotopic (exact) mass is 549 g/mol. The highest BCUT2D eigenvalue weighted by Gasteiger charge is 2.26. The predicted molar refractivity (Wildman–Crippen MR) is 144 cm³/mol. The number of carbonyl (C=O) groups excluding carboxylic acids is 2. The van der Waals surface area contributed by atoms with Crippen molar-refractivity contribution in [2.24, 2.45) is 0 Å². The quantitative estimate of drug-likeness (QED) is 0.255. The highest BCUT2D eigenvalue weighted by Crippen LogP contribution is 2.25. The molecule has 4 aromatic carbocycles. The standard InChI is InChI=1S/C28H24FN3O6S/c29-23-13-9-20(10-14-23)22-5-4-8-26(19-22)39(36,37)38-32(17-18-33)27(34)21-11-15-25(16-12-21)31-28(35)30-24-6-2-1-3-7-24/h1-16,19,33H,17-18H2,(H2,30,31,35). The summed E-state index contributed by atoms with van der Waals surface area (Å²) in [5.74, 6) is -1.24. The van der Waals surface area contributed by atoms with Crippen molar-refractivity contribution < 1.29 is 31.8 Å². The van der Waals surface area contributed by atoms with Crippen molar-refractivity contribution in [3.63, 3.8) is 0 Å². The van der Waals surface area contributed by atoms with Crippen LogP contribution in [0.1, 0.15) is 10.4 Å². The van der Waals surface area contributed by atoms with E-state index in [1.165, 1.54) is 66.7 Å². The molecule has 3 amide bonds. The van der Waals surface area contributed by atoms with Crippen LogP contribution in [0.4, 0.5) is 20.6 Å². The minimum Gasteiger partial charge on any atom is -0.394 e. The van der Waals surface area contributed by atoms with Gasteiger partial charge in [-0.3, -0.25) is 4.79 Å². The Morgan fingerprint density at radius 1 is 0.795 bits per heavy atom. The van der Waals surface area contributed by atoms with Gasteiger partial charge in [-0.2, -0.15) is 13.5 Å². The van der Waals surface area contributed by atoms with E-state index in [2.05, 4.69) is 10.6 Å². The van der Waals surface area contributed by atoms with Crippen LogP contribution in [0.25, 0.3) is 11.1 Å². The van der Waals surface area contributed by atoms with Gasteiger partial charge in [0.05, 0.1) is 18.0 Å². The number of nitrogens with zero attached hydrogens (tertiary/aromatic N) is 1. The Bertz CT molecular complexity index is 1550. The Balaban J connectivity index is 1.46. The molecule has 0 fully saturated rings. The maximum atomic E-state index is 13.3. The average Bonchev–Trinajstić information content (AvgIpc) is 2.94. The summed E-state index contributed by atoms with van der Waals surface area (Å²) in [6.07, 6.45) is 0. The first kappa shape index (κ1) is 27.5. The van der Waals surface area contributed by atoms with E-state index in [9.17, 15) is 27.5 Å². The van der Waals surface area contributed by atoms with Gasteiger partial charge in [-0.05, 0) is 71.8 Å². The summed E-state index contributed by atoms with van der Waals surface area (Å²) in [6.45, 7) is -0.981. The highest BCUT2D eigenvalue weighted by atomic mass is 32.2. The molecular weight excluding hydrogens is 525 g/mol. The lowest BCUT2D eigenvalue weighted by Crippen LogP contribution is -2.36. The molecule has 200 valence electrons. The van der Waals surface area contributed by atoms with Gasteiger partial charge in [-0.15, -0.1) is 4.28 Å². The summed E-state index contributed by atoms with van der Waals surface area (Å²) in [7, 11) is -4.47. The van der Waals surface area contributed by atoms with Crippen LogP contribution >= 0.6 is 0 Å². The number of para-hydroxylation sites is 1. The van der Waals surface area contributed by atoms with Crippen molar-refractivity contribution in [1.82, 2.24) is 5.06 Å².